The molecule has 250 valence electrons. The van der Waals surface area contributed by atoms with Gasteiger partial charge in [-0.3, -0.25) is 9.78 Å². The Bertz CT molecular complexity index is 1670. The third-order valence-electron chi connectivity index (χ3n) is 7.27. The predicted octanol–water partition coefficient (Wildman–Crippen LogP) is 5.00. The summed E-state index contributed by atoms with van der Waals surface area (Å²) in [5, 5.41) is 2.90. The lowest BCUT2D eigenvalue weighted by Crippen LogP contribution is -2.27. The summed E-state index contributed by atoms with van der Waals surface area (Å²) in [6.07, 6.45) is 15.8. The monoisotopic (exact) mass is 649 g/mol. The Kier molecular flexibility index (Phi) is 14.6. The predicted molar refractivity (Wildman–Crippen MR) is 188 cm³/mol. The number of terminal acetylenes is 1. The molecule has 0 aliphatic carbocycles. The fourth-order valence-corrected chi connectivity index (χ4v) is 4.93. The largest absolute Gasteiger partial charge is 0.497 e. The van der Waals surface area contributed by atoms with E-state index < -0.39 is 0 Å². The number of ether oxygens (including phenoxy) is 4. The molecule has 3 N–H and O–H groups in total. The van der Waals surface area contributed by atoms with E-state index in [9.17, 15) is 4.79 Å². The Morgan fingerprint density at radius 1 is 0.979 bits per heavy atom. The fourth-order valence-electron chi connectivity index (χ4n) is 4.93. The van der Waals surface area contributed by atoms with Crippen LogP contribution in [0.15, 0.2) is 91.3 Å². The highest BCUT2D eigenvalue weighted by molar-refractivity contribution is 5.94. The van der Waals surface area contributed by atoms with Gasteiger partial charge >= 0.3 is 0 Å². The van der Waals surface area contributed by atoms with Crippen molar-refractivity contribution in [3.05, 3.63) is 108 Å². The minimum Gasteiger partial charge on any atom is -0.497 e. The average Bonchev–Trinajstić information content (AvgIpc) is 3.50. The number of carbonyl (C=O) groups excluding carboxylic acids is 1. The summed E-state index contributed by atoms with van der Waals surface area (Å²) in [5.74, 6) is 3.99. The molecule has 0 bridgehead atoms. The molecule has 0 saturated carbocycles. The first-order valence-corrected chi connectivity index (χ1v) is 15.8. The second kappa shape index (κ2) is 19.6. The second-order valence-electron chi connectivity index (χ2n) is 10.6. The summed E-state index contributed by atoms with van der Waals surface area (Å²) in [6.45, 7) is 3.74. The van der Waals surface area contributed by atoms with E-state index in [-0.39, 0.29) is 5.91 Å². The number of nitrogens with one attached hydrogen (secondary N) is 1. The number of nitrogens with zero attached hydrogens (tertiary/aromatic N) is 3. The molecule has 0 fully saturated rings. The van der Waals surface area contributed by atoms with Gasteiger partial charge in [0.2, 0.25) is 0 Å². The molecule has 2 heterocycles. The van der Waals surface area contributed by atoms with Crippen molar-refractivity contribution in [1.29, 1.82) is 0 Å². The van der Waals surface area contributed by atoms with Crippen LogP contribution in [0.5, 0.6) is 5.75 Å². The second-order valence-corrected chi connectivity index (χ2v) is 10.6. The van der Waals surface area contributed by atoms with Gasteiger partial charge in [0.15, 0.2) is 0 Å². The summed E-state index contributed by atoms with van der Waals surface area (Å²) in [6, 6.07) is 19.3. The third-order valence-corrected chi connectivity index (χ3v) is 7.27. The van der Waals surface area contributed by atoms with E-state index in [0.29, 0.717) is 58.2 Å². The van der Waals surface area contributed by atoms with Crippen molar-refractivity contribution in [3.63, 3.8) is 0 Å². The maximum Gasteiger partial charge on any atom is 0.251 e. The first-order valence-electron chi connectivity index (χ1n) is 15.8. The van der Waals surface area contributed by atoms with E-state index in [1.165, 1.54) is 0 Å². The molecular weight excluding hydrogens is 606 g/mol. The van der Waals surface area contributed by atoms with Crippen LogP contribution in [0, 0.1) is 12.3 Å². The standard InChI is InChI=1S/C38H43N5O5/c1-4-8-30(9-5-6-22-45-2)35-36(31-15-17-34(46-3)18-16-31)43(37(42-35)33-10-7-20-40-27-33)28-29-11-13-32(14-12-29)38(44)41-21-24-48-26-25-47-23-19-39/h1,5,7-18,20,27H,6,19,21-26,28,39H2,2-3H3,(H,41,44)/b9-5-,30-8+. The highest BCUT2D eigenvalue weighted by Crippen LogP contribution is 2.36. The van der Waals surface area contributed by atoms with E-state index in [1.54, 1.807) is 32.7 Å². The van der Waals surface area contributed by atoms with Crippen LogP contribution in [-0.2, 0) is 20.8 Å². The van der Waals surface area contributed by atoms with Crippen molar-refractivity contribution < 1.29 is 23.7 Å². The SMILES string of the molecule is C#C/C=C(\C=C/CCOC)c1nc(-c2cccnc2)n(Cc2ccc(C(=O)NCCOCCOCCN)cc2)c1-c1ccc(OC)cc1. The lowest BCUT2D eigenvalue weighted by Gasteiger charge is -2.15. The number of allylic oxidation sites excluding steroid dienone is 3. The number of methoxy groups -OCH3 is 2. The molecule has 2 aromatic heterocycles. The number of amides is 1. The van der Waals surface area contributed by atoms with Crippen LogP contribution in [0.25, 0.3) is 28.2 Å². The quantitative estimate of drug-likeness (QED) is 0.0827. The molecule has 10 heteroatoms. The van der Waals surface area contributed by atoms with Gasteiger partial charge in [-0.05, 0) is 66.6 Å². The Morgan fingerprint density at radius 2 is 1.75 bits per heavy atom. The normalized spacial score (nSPS) is 11.5. The summed E-state index contributed by atoms with van der Waals surface area (Å²) in [5.41, 5.74) is 11.1. The van der Waals surface area contributed by atoms with Crippen LogP contribution >= 0.6 is 0 Å². The molecule has 2 aromatic carbocycles. The third kappa shape index (κ3) is 10.2. The minimum absolute atomic E-state index is 0.172. The van der Waals surface area contributed by atoms with Crippen LogP contribution in [0.4, 0.5) is 0 Å². The number of hydrogen-bond acceptors (Lipinski definition) is 8. The van der Waals surface area contributed by atoms with Crippen LogP contribution in [0.3, 0.4) is 0 Å². The molecule has 0 saturated heterocycles. The zero-order chi connectivity index (χ0) is 34.0. The Hall–Kier alpha value is -5.05. The van der Waals surface area contributed by atoms with E-state index >= 15 is 0 Å². The van der Waals surface area contributed by atoms with Gasteiger partial charge in [0.05, 0.1) is 44.9 Å². The molecule has 0 spiro atoms. The van der Waals surface area contributed by atoms with E-state index in [2.05, 4.69) is 20.8 Å². The van der Waals surface area contributed by atoms with Crippen molar-refractivity contribution >= 4 is 11.5 Å². The van der Waals surface area contributed by atoms with Crippen molar-refractivity contribution in [3.8, 4) is 40.7 Å². The smallest absolute Gasteiger partial charge is 0.251 e. The van der Waals surface area contributed by atoms with E-state index in [1.807, 2.05) is 72.8 Å². The molecule has 0 aliphatic heterocycles. The number of hydrogen-bond donors (Lipinski definition) is 2. The van der Waals surface area contributed by atoms with Gasteiger partial charge in [0.25, 0.3) is 5.91 Å². The van der Waals surface area contributed by atoms with Crippen molar-refractivity contribution in [2.75, 3.05) is 60.3 Å². The highest BCUT2D eigenvalue weighted by Gasteiger charge is 2.22. The number of imidazole rings is 1. The van der Waals surface area contributed by atoms with Crippen molar-refractivity contribution in [2.45, 2.75) is 13.0 Å². The molecule has 4 rings (SSSR count). The summed E-state index contributed by atoms with van der Waals surface area (Å²) in [7, 11) is 3.32. The highest BCUT2D eigenvalue weighted by atomic mass is 16.5. The molecule has 0 radical (unpaired) electrons. The van der Waals surface area contributed by atoms with Gasteiger partial charge in [-0.1, -0.05) is 30.2 Å². The van der Waals surface area contributed by atoms with E-state index in [0.717, 1.165) is 51.6 Å². The summed E-state index contributed by atoms with van der Waals surface area (Å²) in [4.78, 5) is 22.4. The van der Waals surface area contributed by atoms with E-state index in [4.69, 9.17) is 36.1 Å². The number of aromatic nitrogens is 3. The van der Waals surface area contributed by atoms with Gasteiger partial charge in [-0.2, -0.15) is 0 Å². The van der Waals surface area contributed by atoms with Gasteiger partial charge in [-0.25, -0.2) is 4.98 Å². The van der Waals surface area contributed by atoms with Gasteiger partial charge < -0.3 is 34.6 Å². The van der Waals surface area contributed by atoms with Crippen LogP contribution in [0.2, 0.25) is 0 Å². The average molecular weight is 650 g/mol. The first kappa shape index (κ1) is 35.8. The topological polar surface area (TPSA) is 123 Å². The van der Waals surface area contributed by atoms with Crippen molar-refractivity contribution in [2.24, 2.45) is 5.73 Å². The zero-order valence-electron chi connectivity index (χ0n) is 27.6. The molecule has 4 aromatic rings. The number of carbonyl (C=O) groups is 1. The maximum atomic E-state index is 12.8. The number of nitrogens with two attached hydrogens (primary N) is 1. The maximum absolute atomic E-state index is 12.8. The van der Waals surface area contributed by atoms with Crippen molar-refractivity contribution in [1.82, 2.24) is 19.9 Å². The lowest BCUT2D eigenvalue weighted by atomic mass is 10.0. The molecule has 0 atom stereocenters. The zero-order valence-corrected chi connectivity index (χ0v) is 27.6. The van der Waals surface area contributed by atoms with Crippen LogP contribution in [-0.4, -0.2) is 80.8 Å². The Morgan fingerprint density at radius 3 is 2.42 bits per heavy atom. The van der Waals surface area contributed by atoms with Gasteiger partial charge in [0.1, 0.15) is 11.6 Å². The Balaban J connectivity index is 1.66. The van der Waals surface area contributed by atoms with Gasteiger partial charge in [-0.15, -0.1) is 6.42 Å². The molecule has 10 nitrogen and oxygen atoms in total. The Labute approximate surface area is 282 Å². The minimum atomic E-state index is -0.172. The number of rotatable bonds is 19. The van der Waals surface area contributed by atoms with Crippen LogP contribution in [0.1, 0.15) is 28.0 Å². The summed E-state index contributed by atoms with van der Waals surface area (Å²) < 4.78 is 23.6. The lowest BCUT2D eigenvalue weighted by molar-refractivity contribution is 0.0511. The first-order chi connectivity index (χ1) is 23.6. The molecule has 1 amide bonds. The van der Waals surface area contributed by atoms with Gasteiger partial charge in [0, 0.05) is 68.0 Å². The molecular formula is C38H43N5O5. The molecule has 0 unspecified atom stereocenters. The van der Waals surface area contributed by atoms with Crippen LogP contribution < -0.4 is 15.8 Å². The number of benzene rings is 2. The summed E-state index contributed by atoms with van der Waals surface area (Å²) >= 11 is 0. The fraction of sp³-hybridized carbons (Fsp3) is 0.289. The number of pyridine rings is 1. The molecule has 0 aliphatic rings. The molecule has 48 heavy (non-hydrogen) atoms.